The van der Waals surface area contributed by atoms with Gasteiger partial charge in [-0.1, -0.05) is 41.4 Å². The van der Waals surface area contributed by atoms with Crippen molar-refractivity contribution in [1.29, 1.82) is 0 Å². The fourth-order valence-corrected chi connectivity index (χ4v) is 2.58. The summed E-state index contributed by atoms with van der Waals surface area (Å²) < 4.78 is 0. The number of hydrogen-bond donors (Lipinski definition) is 2. The van der Waals surface area contributed by atoms with Crippen LogP contribution in [0.3, 0.4) is 0 Å². The number of likely N-dealkylation sites (N-methyl/N-ethyl adjacent to an activating group) is 1. The highest BCUT2D eigenvalue weighted by Crippen LogP contribution is 2.25. The summed E-state index contributed by atoms with van der Waals surface area (Å²) >= 11 is 11.9. The number of rotatable bonds is 6. The van der Waals surface area contributed by atoms with Crippen LogP contribution in [-0.4, -0.2) is 30.5 Å². The average Bonchev–Trinajstić information content (AvgIpc) is 2.54. The topological polar surface area (TPSA) is 66.6 Å². The van der Waals surface area contributed by atoms with E-state index in [-0.39, 0.29) is 12.3 Å². The fraction of sp³-hybridized carbons (Fsp3) is 0.235. The lowest BCUT2D eigenvalue weighted by Gasteiger charge is -2.23. The van der Waals surface area contributed by atoms with E-state index in [4.69, 9.17) is 28.9 Å². The summed E-state index contributed by atoms with van der Waals surface area (Å²) in [5.41, 5.74) is 7.19. The Bertz CT molecular complexity index is 677. The summed E-state index contributed by atoms with van der Waals surface area (Å²) in [7, 11) is 1.77. The van der Waals surface area contributed by atoms with Crippen LogP contribution < -0.4 is 10.6 Å². The zero-order valence-corrected chi connectivity index (χ0v) is 14.1. The molecule has 2 unspecified atom stereocenters. The number of hydrogen-bond acceptors (Lipinski definition) is 4. The summed E-state index contributed by atoms with van der Waals surface area (Å²) in [4.78, 5) is 14.1. The Kier molecular flexibility index (Phi) is 6.02. The predicted molar refractivity (Wildman–Crippen MR) is 94.1 cm³/mol. The lowest BCUT2D eigenvalue weighted by atomic mass is 9.99. The summed E-state index contributed by atoms with van der Waals surface area (Å²) in [5, 5.41) is 11.3. The van der Waals surface area contributed by atoms with Gasteiger partial charge in [0.1, 0.15) is 6.10 Å². The van der Waals surface area contributed by atoms with Gasteiger partial charge in [-0.25, -0.2) is 0 Å². The van der Waals surface area contributed by atoms with Gasteiger partial charge < -0.3 is 15.7 Å². The number of anilines is 1. The first-order valence-electron chi connectivity index (χ1n) is 7.07. The van der Waals surface area contributed by atoms with E-state index in [0.29, 0.717) is 15.6 Å². The molecule has 2 aromatic rings. The maximum absolute atomic E-state index is 12.3. The van der Waals surface area contributed by atoms with Crippen molar-refractivity contribution in [2.24, 2.45) is 5.73 Å². The lowest BCUT2D eigenvalue weighted by molar-refractivity contribution is -0.121. The molecule has 2 rings (SSSR count). The molecule has 23 heavy (non-hydrogen) atoms. The van der Waals surface area contributed by atoms with Crippen molar-refractivity contribution in [2.75, 3.05) is 18.5 Å². The Balaban J connectivity index is 2.04. The van der Waals surface area contributed by atoms with Crippen molar-refractivity contribution in [2.45, 2.75) is 12.1 Å². The number of halogens is 2. The Morgan fingerprint density at radius 2 is 1.78 bits per heavy atom. The molecule has 0 saturated heterocycles. The number of ketones is 1. The third-order valence-electron chi connectivity index (χ3n) is 3.60. The predicted octanol–water partition coefficient (Wildman–Crippen LogP) is 3.06. The molecule has 0 radical (unpaired) electrons. The van der Waals surface area contributed by atoms with Crippen LogP contribution in [0.25, 0.3) is 0 Å². The Morgan fingerprint density at radius 1 is 1.17 bits per heavy atom. The molecule has 122 valence electrons. The summed E-state index contributed by atoms with van der Waals surface area (Å²) in [6.45, 7) is 0.0737. The Morgan fingerprint density at radius 3 is 2.39 bits per heavy atom. The molecule has 2 atom stereocenters. The minimum Gasteiger partial charge on any atom is -0.386 e. The van der Waals surface area contributed by atoms with E-state index in [2.05, 4.69) is 0 Å². The Hall–Kier alpha value is -1.59. The van der Waals surface area contributed by atoms with Gasteiger partial charge in [-0.2, -0.15) is 0 Å². The van der Waals surface area contributed by atoms with Crippen molar-refractivity contribution in [1.82, 2.24) is 0 Å². The van der Waals surface area contributed by atoms with Gasteiger partial charge in [0.05, 0.1) is 12.6 Å². The van der Waals surface area contributed by atoms with Crippen LogP contribution in [0, 0.1) is 0 Å². The smallest absolute Gasteiger partial charge is 0.171 e. The molecule has 0 aliphatic rings. The second-order valence-corrected chi connectivity index (χ2v) is 6.13. The van der Waals surface area contributed by atoms with Gasteiger partial charge in [0.2, 0.25) is 0 Å². The average molecular weight is 353 g/mol. The minimum atomic E-state index is -1.14. The fourth-order valence-electron chi connectivity index (χ4n) is 2.21. The first-order chi connectivity index (χ1) is 10.9. The summed E-state index contributed by atoms with van der Waals surface area (Å²) in [6, 6.07) is 12.9. The minimum absolute atomic E-state index is 0.0737. The van der Waals surface area contributed by atoms with Crippen molar-refractivity contribution < 1.29 is 9.90 Å². The van der Waals surface area contributed by atoms with Crippen molar-refractivity contribution in [3.63, 3.8) is 0 Å². The van der Waals surface area contributed by atoms with E-state index in [0.717, 1.165) is 5.69 Å². The number of carbonyl (C=O) groups excluding carboxylic acids is 1. The molecule has 4 nitrogen and oxygen atoms in total. The maximum atomic E-state index is 12.3. The van der Waals surface area contributed by atoms with Crippen LogP contribution in [-0.2, 0) is 4.79 Å². The largest absolute Gasteiger partial charge is 0.386 e. The van der Waals surface area contributed by atoms with Gasteiger partial charge in [0, 0.05) is 28.3 Å². The molecule has 0 heterocycles. The van der Waals surface area contributed by atoms with Crippen LogP contribution in [0.15, 0.2) is 48.5 Å². The Labute approximate surface area is 145 Å². The zero-order valence-electron chi connectivity index (χ0n) is 12.6. The molecule has 0 saturated carbocycles. The van der Waals surface area contributed by atoms with E-state index in [1.807, 2.05) is 12.1 Å². The molecule has 0 aromatic heterocycles. The van der Waals surface area contributed by atoms with Crippen molar-refractivity contribution in [3.05, 3.63) is 64.1 Å². The molecule has 2 aromatic carbocycles. The highest BCUT2D eigenvalue weighted by molar-refractivity contribution is 6.31. The highest BCUT2D eigenvalue weighted by atomic mass is 35.5. The molecular weight excluding hydrogens is 335 g/mol. The maximum Gasteiger partial charge on any atom is 0.171 e. The van der Waals surface area contributed by atoms with Gasteiger partial charge in [0.15, 0.2) is 5.78 Å². The second-order valence-electron chi connectivity index (χ2n) is 5.29. The molecule has 0 aliphatic carbocycles. The van der Waals surface area contributed by atoms with Crippen LogP contribution in [0.1, 0.15) is 11.7 Å². The zero-order chi connectivity index (χ0) is 17.0. The van der Waals surface area contributed by atoms with E-state index in [9.17, 15) is 9.90 Å². The molecule has 0 bridgehead atoms. The third-order valence-corrected chi connectivity index (χ3v) is 4.19. The van der Waals surface area contributed by atoms with Gasteiger partial charge >= 0.3 is 0 Å². The van der Waals surface area contributed by atoms with E-state index >= 15 is 0 Å². The molecule has 0 amide bonds. The van der Waals surface area contributed by atoms with Gasteiger partial charge in [-0.15, -0.1) is 0 Å². The lowest BCUT2D eigenvalue weighted by Crippen LogP contribution is -2.42. The number of nitrogens with two attached hydrogens (primary N) is 1. The molecule has 0 fully saturated rings. The number of Topliss-reactive ketones (excluding diaryl/α,β-unsaturated/α-hetero) is 1. The molecule has 0 spiro atoms. The monoisotopic (exact) mass is 352 g/mol. The van der Waals surface area contributed by atoms with Crippen LogP contribution in [0.5, 0.6) is 0 Å². The van der Waals surface area contributed by atoms with E-state index in [1.54, 1.807) is 48.3 Å². The number of benzene rings is 2. The SMILES string of the molecule is CN(CC(=O)C(N)C(O)c1ccccc1Cl)c1ccc(Cl)cc1. The number of carbonyl (C=O) groups is 1. The van der Waals surface area contributed by atoms with Crippen LogP contribution in [0.2, 0.25) is 10.0 Å². The standard InChI is InChI=1S/C17H18Cl2N2O2/c1-21(12-8-6-11(18)7-9-12)10-15(22)16(20)17(23)13-4-2-3-5-14(13)19/h2-9,16-17,23H,10,20H2,1H3. The van der Waals surface area contributed by atoms with Crippen molar-refractivity contribution >= 4 is 34.7 Å². The molecule has 0 aliphatic heterocycles. The molecular formula is C17H18Cl2N2O2. The van der Waals surface area contributed by atoms with Gasteiger partial charge in [-0.05, 0) is 30.3 Å². The first-order valence-corrected chi connectivity index (χ1v) is 7.83. The van der Waals surface area contributed by atoms with Crippen molar-refractivity contribution in [3.8, 4) is 0 Å². The second kappa shape index (κ2) is 7.79. The van der Waals surface area contributed by atoms with E-state index < -0.39 is 12.1 Å². The summed E-state index contributed by atoms with van der Waals surface area (Å²) in [6.07, 6.45) is -1.14. The number of aliphatic hydroxyl groups excluding tert-OH is 1. The quantitative estimate of drug-likeness (QED) is 0.838. The van der Waals surface area contributed by atoms with Crippen LogP contribution >= 0.6 is 23.2 Å². The first kappa shape index (κ1) is 17.8. The van der Waals surface area contributed by atoms with E-state index in [1.165, 1.54) is 0 Å². The molecule has 6 heteroatoms. The highest BCUT2D eigenvalue weighted by Gasteiger charge is 2.26. The normalized spacial score (nSPS) is 13.4. The third kappa shape index (κ3) is 4.45. The van der Waals surface area contributed by atoms with Crippen LogP contribution in [0.4, 0.5) is 5.69 Å². The number of aliphatic hydroxyl groups is 1. The van der Waals surface area contributed by atoms with Gasteiger partial charge in [-0.3, -0.25) is 4.79 Å². The molecule has 3 N–H and O–H groups in total. The summed E-state index contributed by atoms with van der Waals surface area (Å²) in [5.74, 6) is -0.283. The van der Waals surface area contributed by atoms with Gasteiger partial charge in [0.25, 0.3) is 0 Å². The number of nitrogens with zero attached hydrogens (tertiary/aromatic N) is 1.